The van der Waals surface area contributed by atoms with Gasteiger partial charge in [0.2, 0.25) is 0 Å². The van der Waals surface area contributed by atoms with E-state index in [-0.39, 0.29) is 11.4 Å². The molecule has 0 aliphatic carbocycles. The molecular formula is C14H20N4O. The molecule has 5 nitrogen and oxygen atoms in total. The maximum atomic E-state index is 12.2. The molecular weight excluding hydrogens is 240 g/mol. The molecule has 2 heterocycles. The molecule has 0 atom stereocenters. The highest BCUT2D eigenvalue weighted by Crippen LogP contribution is 2.17. The van der Waals surface area contributed by atoms with Gasteiger partial charge in [0.25, 0.3) is 5.91 Å². The number of carbonyl (C=O) groups excluding carboxylic acids is 1. The van der Waals surface area contributed by atoms with Crippen LogP contribution >= 0.6 is 0 Å². The summed E-state index contributed by atoms with van der Waals surface area (Å²) in [6.07, 6.45) is 2.48. The minimum absolute atomic E-state index is 0.0931. The molecule has 0 spiro atoms. The monoisotopic (exact) mass is 260 g/mol. The predicted molar refractivity (Wildman–Crippen MR) is 75.1 cm³/mol. The molecule has 5 heteroatoms. The third-order valence-corrected chi connectivity index (χ3v) is 3.46. The van der Waals surface area contributed by atoms with Crippen LogP contribution in [0.3, 0.4) is 0 Å². The first-order chi connectivity index (χ1) is 8.84. The van der Waals surface area contributed by atoms with Crippen LogP contribution in [0.4, 0.5) is 0 Å². The van der Waals surface area contributed by atoms with Gasteiger partial charge in [-0.25, -0.2) is 4.98 Å². The third-order valence-electron chi connectivity index (χ3n) is 3.46. The molecule has 0 fully saturated rings. The maximum Gasteiger partial charge on any atom is 0.253 e. The van der Waals surface area contributed by atoms with Crippen LogP contribution in [0, 0.1) is 6.92 Å². The van der Waals surface area contributed by atoms with Gasteiger partial charge in [0, 0.05) is 24.2 Å². The molecule has 0 bridgehead atoms. The lowest BCUT2D eigenvalue weighted by Gasteiger charge is -2.24. The molecule has 0 saturated carbocycles. The van der Waals surface area contributed by atoms with Gasteiger partial charge < -0.3 is 5.32 Å². The van der Waals surface area contributed by atoms with Gasteiger partial charge in [-0.1, -0.05) is 6.92 Å². The molecule has 102 valence electrons. The van der Waals surface area contributed by atoms with Crippen LogP contribution in [-0.4, -0.2) is 26.2 Å². The SMILES string of the molecule is CCC(C)(C)NC(=O)c1cnc2c(c1)c(C)nn2C. The van der Waals surface area contributed by atoms with E-state index in [2.05, 4.69) is 15.4 Å². The summed E-state index contributed by atoms with van der Waals surface area (Å²) in [5.41, 5.74) is 2.04. The Hall–Kier alpha value is -1.91. The second kappa shape index (κ2) is 4.64. The van der Waals surface area contributed by atoms with Gasteiger partial charge in [0.1, 0.15) is 0 Å². The summed E-state index contributed by atoms with van der Waals surface area (Å²) in [7, 11) is 1.85. The van der Waals surface area contributed by atoms with Crippen LogP contribution in [0.25, 0.3) is 11.0 Å². The zero-order chi connectivity index (χ0) is 14.2. The van der Waals surface area contributed by atoms with Crippen molar-refractivity contribution in [3.05, 3.63) is 23.5 Å². The maximum absolute atomic E-state index is 12.2. The third kappa shape index (κ3) is 2.59. The fraction of sp³-hybridized carbons (Fsp3) is 0.500. The van der Waals surface area contributed by atoms with Gasteiger partial charge in [-0.15, -0.1) is 0 Å². The predicted octanol–water partition coefficient (Wildman–Crippen LogP) is 2.20. The second-order valence-electron chi connectivity index (χ2n) is 5.50. The van der Waals surface area contributed by atoms with Crippen LogP contribution in [-0.2, 0) is 7.05 Å². The molecule has 2 rings (SSSR count). The van der Waals surface area contributed by atoms with E-state index in [0.29, 0.717) is 5.56 Å². The minimum atomic E-state index is -0.212. The fourth-order valence-corrected chi connectivity index (χ4v) is 1.90. The number of hydrogen-bond acceptors (Lipinski definition) is 3. The lowest BCUT2D eigenvalue weighted by molar-refractivity contribution is 0.0911. The van der Waals surface area contributed by atoms with Crippen LogP contribution in [0.1, 0.15) is 43.2 Å². The van der Waals surface area contributed by atoms with Crippen molar-refractivity contribution in [3.8, 4) is 0 Å². The molecule has 2 aromatic rings. The lowest BCUT2D eigenvalue weighted by atomic mass is 10.0. The Balaban J connectivity index is 2.36. The summed E-state index contributed by atoms with van der Waals surface area (Å²) in [6, 6.07) is 1.85. The summed E-state index contributed by atoms with van der Waals surface area (Å²) in [5.74, 6) is -0.0931. The number of fused-ring (bicyclic) bond motifs is 1. The van der Waals surface area contributed by atoms with Crippen LogP contribution in [0.5, 0.6) is 0 Å². The fourth-order valence-electron chi connectivity index (χ4n) is 1.90. The van der Waals surface area contributed by atoms with Crippen molar-refractivity contribution in [2.75, 3.05) is 0 Å². The van der Waals surface area contributed by atoms with Crippen LogP contribution < -0.4 is 5.32 Å². The largest absolute Gasteiger partial charge is 0.347 e. The topological polar surface area (TPSA) is 59.8 Å². The number of carbonyl (C=O) groups is 1. The number of hydrogen-bond donors (Lipinski definition) is 1. The molecule has 0 radical (unpaired) electrons. The molecule has 19 heavy (non-hydrogen) atoms. The molecule has 0 aromatic carbocycles. The van der Waals surface area contributed by atoms with Crippen LogP contribution in [0.2, 0.25) is 0 Å². The first-order valence-electron chi connectivity index (χ1n) is 6.46. The standard InChI is InChI=1S/C14H20N4O/c1-6-14(3,4)16-13(19)10-7-11-9(2)17-18(5)12(11)15-8-10/h7-8H,6H2,1-5H3,(H,16,19). The van der Waals surface area contributed by atoms with E-state index in [1.807, 2.05) is 40.8 Å². The van der Waals surface area contributed by atoms with Gasteiger partial charge in [-0.2, -0.15) is 5.10 Å². The summed E-state index contributed by atoms with van der Waals surface area (Å²) in [6.45, 7) is 7.98. The highest BCUT2D eigenvalue weighted by Gasteiger charge is 2.19. The zero-order valence-corrected chi connectivity index (χ0v) is 12.1. The second-order valence-corrected chi connectivity index (χ2v) is 5.50. The van der Waals surface area contributed by atoms with E-state index in [0.717, 1.165) is 23.1 Å². The number of amides is 1. The van der Waals surface area contributed by atoms with E-state index in [9.17, 15) is 4.79 Å². The first kappa shape index (κ1) is 13.5. The van der Waals surface area contributed by atoms with Crippen molar-refractivity contribution >= 4 is 16.9 Å². The Morgan fingerprint density at radius 3 is 2.79 bits per heavy atom. The van der Waals surface area contributed by atoms with E-state index in [1.165, 1.54) is 0 Å². The Morgan fingerprint density at radius 1 is 1.47 bits per heavy atom. The number of pyridine rings is 1. The smallest absolute Gasteiger partial charge is 0.253 e. The number of nitrogens with one attached hydrogen (secondary N) is 1. The number of aromatic nitrogens is 3. The quantitative estimate of drug-likeness (QED) is 0.920. The Kier molecular flexibility index (Phi) is 3.30. The number of rotatable bonds is 3. The summed E-state index contributed by atoms with van der Waals surface area (Å²) < 4.78 is 1.72. The Bertz CT molecular complexity index is 628. The van der Waals surface area contributed by atoms with E-state index >= 15 is 0 Å². The van der Waals surface area contributed by atoms with Crippen molar-refractivity contribution in [2.45, 2.75) is 39.7 Å². The van der Waals surface area contributed by atoms with Crippen LogP contribution in [0.15, 0.2) is 12.3 Å². The average molecular weight is 260 g/mol. The van der Waals surface area contributed by atoms with Gasteiger partial charge in [-0.05, 0) is 33.3 Å². The van der Waals surface area contributed by atoms with Gasteiger partial charge in [0.05, 0.1) is 11.3 Å². The Labute approximate surface area is 113 Å². The highest BCUT2D eigenvalue weighted by molar-refractivity contribution is 5.97. The zero-order valence-electron chi connectivity index (χ0n) is 12.1. The van der Waals surface area contributed by atoms with Crippen molar-refractivity contribution in [1.29, 1.82) is 0 Å². The van der Waals surface area contributed by atoms with E-state index < -0.39 is 0 Å². The molecule has 1 amide bonds. The lowest BCUT2D eigenvalue weighted by Crippen LogP contribution is -2.42. The van der Waals surface area contributed by atoms with Crippen molar-refractivity contribution in [2.24, 2.45) is 7.05 Å². The molecule has 0 unspecified atom stereocenters. The molecule has 2 aromatic heterocycles. The average Bonchev–Trinajstić information content (AvgIpc) is 2.64. The van der Waals surface area contributed by atoms with Crippen molar-refractivity contribution < 1.29 is 4.79 Å². The molecule has 0 aliphatic rings. The van der Waals surface area contributed by atoms with Gasteiger partial charge >= 0.3 is 0 Å². The van der Waals surface area contributed by atoms with E-state index in [1.54, 1.807) is 10.9 Å². The molecule has 0 saturated heterocycles. The van der Waals surface area contributed by atoms with Crippen molar-refractivity contribution in [3.63, 3.8) is 0 Å². The van der Waals surface area contributed by atoms with E-state index in [4.69, 9.17) is 0 Å². The van der Waals surface area contributed by atoms with Gasteiger partial charge in [0.15, 0.2) is 5.65 Å². The normalized spacial score (nSPS) is 11.8. The number of nitrogens with zero attached hydrogens (tertiary/aromatic N) is 3. The summed E-state index contributed by atoms with van der Waals surface area (Å²) in [5, 5.41) is 8.23. The number of aryl methyl sites for hydroxylation is 2. The molecule has 0 aliphatic heterocycles. The minimum Gasteiger partial charge on any atom is -0.347 e. The van der Waals surface area contributed by atoms with Crippen molar-refractivity contribution in [1.82, 2.24) is 20.1 Å². The Morgan fingerprint density at radius 2 is 2.16 bits per heavy atom. The summed E-state index contributed by atoms with van der Waals surface area (Å²) >= 11 is 0. The first-order valence-corrected chi connectivity index (χ1v) is 6.46. The highest BCUT2D eigenvalue weighted by atomic mass is 16.1. The van der Waals surface area contributed by atoms with Gasteiger partial charge in [-0.3, -0.25) is 9.48 Å². The molecule has 1 N–H and O–H groups in total. The summed E-state index contributed by atoms with van der Waals surface area (Å²) in [4.78, 5) is 16.5.